The molecule has 4 rings (SSSR count). The Kier molecular flexibility index (Phi) is 6.49. The van der Waals surface area contributed by atoms with E-state index in [2.05, 4.69) is 21.5 Å². The highest BCUT2D eigenvalue weighted by atomic mass is 32.2. The van der Waals surface area contributed by atoms with Crippen LogP contribution in [0.4, 0.5) is 0 Å². The lowest BCUT2D eigenvalue weighted by Crippen LogP contribution is -2.63. The minimum atomic E-state index is -0.812. The van der Waals surface area contributed by atoms with Gasteiger partial charge in [-0.3, -0.25) is 4.79 Å². The highest BCUT2D eigenvalue weighted by Gasteiger charge is 2.60. The Hall–Kier alpha value is -2.18. The Labute approximate surface area is 190 Å². The Morgan fingerprint density at radius 1 is 1.52 bits per heavy atom. The molecule has 0 saturated carbocycles. The van der Waals surface area contributed by atoms with E-state index in [0.717, 1.165) is 14.6 Å². The van der Waals surface area contributed by atoms with Crippen LogP contribution in [-0.2, 0) is 14.1 Å². The van der Waals surface area contributed by atoms with Crippen LogP contribution >= 0.6 is 31.7 Å². The molecule has 1 fully saturated rings. The lowest BCUT2D eigenvalue weighted by Gasteiger charge is -2.46. The topological polar surface area (TPSA) is 92.1 Å². The first-order valence-electron chi connectivity index (χ1n) is 9.48. The number of carbonyl (C=O) groups excluding carboxylic acids is 2. The normalized spacial score (nSPS) is 23.5. The Balaban J connectivity index is 1.56. The van der Waals surface area contributed by atoms with Gasteiger partial charge in [-0.05, 0) is 19.1 Å². The van der Waals surface area contributed by atoms with E-state index in [4.69, 9.17) is 12.5 Å². The molecule has 0 bridgehead atoms. The Bertz CT molecular complexity index is 1140. The first-order chi connectivity index (χ1) is 14.9. The number of thioether (sulfide) groups is 1. The molecule has 4 unspecified atom stereocenters. The monoisotopic (exact) mass is 469 g/mol. The lowest BCUT2D eigenvalue weighted by atomic mass is 9.78. The molecular formula is C20H17BN3O4PS2. The van der Waals surface area contributed by atoms with Gasteiger partial charge >= 0.3 is 5.97 Å². The molecule has 11 heteroatoms. The molecule has 0 aliphatic carbocycles. The largest absolute Gasteiger partial charge is 0.393 e. The van der Waals surface area contributed by atoms with E-state index in [1.54, 1.807) is 18.3 Å². The first kappa shape index (κ1) is 22.0. The van der Waals surface area contributed by atoms with Gasteiger partial charge in [0.1, 0.15) is 5.70 Å². The number of rotatable bonds is 5. The fraction of sp³-hybridized carbons (Fsp3) is 0.350. The second kappa shape index (κ2) is 9.13. The number of hydrogen-bond acceptors (Lipinski definition) is 8. The molecule has 2 radical (unpaired) electrons. The van der Waals surface area contributed by atoms with Crippen LogP contribution < -0.4 is 0 Å². The fourth-order valence-electron chi connectivity index (χ4n) is 3.96. The summed E-state index contributed by atoms with van der Waals surface area (Å²) in [7, 11) is 5.00. The fourth-order valence-corrected chi connectivity index (χ4v) is 5.98. The summed E-state index contributed by atoms with van der Waals surface area (Å²) in [6.07, 6.45) is -0.812. The predicted molar refractivity (Wildman–Crippen MR) is 121 cm³/mol. The zero-order valence-corrected chi connectivity index (χ0v) is 19.2. The van der Waals surface area contributed by atoms with Gasteiger partial charge in [-0.15, -0.1) is 11.3 Å². The summed E-state index contributed by atoms with van der Waals surface area (Å²) in [5.74, 6) is 4.86. The molecule has 1 aromatic carbocycles. The summed E-state index contributed by atoms with van der Waals surface area (Å²) < 4.78 is 10.3. The predicted octanol–water partition coefficient (Wildman–Crippen LogP) is 3.17. The van der Waals surface area contributed by atoms with Crippen LogP contribution in [0.5, 0.6) is 0 Å². The van der Waals surface area contributed by atoms with Crippen molar-refractivity contribution >= 4 is 61.8 Å². The number of thiazole rings is 1. The van der Waals surface area contributed by atoms with Crippen molar-refractivity contribution in [2.45, 2.75) is 30.3 Å². The quantitative estimate of drug-likeness (QED) is 0.238. The third-order valence-corrected chi connectivity index (χ3v) is 7.70. The average molecular weight is 469 g/mol. The van der Waals surface area contributed by atoms with Crippen molar-refractivity contribution in [3.05, 3.63) is 35.5 Å². The van der Waals surface area contributed by atoms with E-state index in [0.29, 0.717) is 11.3 Å². The van der Waals surface area contributed by atoms with Gasteiger partial charge in [0.05, 0.1) is 34.0 Å². The number of carbonyl (C=O) groups is 2. The van der Waals surface area contributed by atoms with E-state index in [1.165, 1.54) is 16.7 Å². The van der Waals surface area contributed by atoms with Crippen molar-refractivity contribution in [3.63, 3.8) is 0 Å². The molecule has 0 spiro atoms. The third-order valence-electron chi connectivity index (χ3n) is 5.30. The second-order valence-corrected chi connectivity index (χ2v) is 9.96. The van der Waals surface area contributed by atoms with Crippen molar-refractivity contribution in [3.8, 4) is 11.8 Å². The Morgan fingerprint density at radius 2 is 2.29 bits per heavy atom. The zero-order valence-electron chi connectivity index (χ0n) is 16.7. The van der Waals surface area contributed by atoms with Crippen LogP contribution in [0.2, 0.25) is 0 Å². The maximum Gasteiger partial charge on any atom is 0.365 e. The number of hydrogen-bond donors (Lipinski definition) is 1. The summed E-state index contributed by atoms with van der Waals surface area (Å²) in [5, 5.41) is 10.00. The van der Waals surface area contributed by atoms with Gasteiger partial charge < -0.3 is 19.2 Å². The summed E-state index contributed by atoms with van der Waals surface area (Å²) in [4.78, 5) is 31.1. The highest BCUT2D eigenvalue weighted by molar-refractivity contribution is 8.01. The zero-order chi connectivity index (χ0) is 22.1. The molecule has 1 aromatic heterocycles. The SMILES string of the molecule is [B]N=POC(=O)C1=C(C#CCSc2nc3ccccc3s2)C(C)C2C(C(C)O)C(=O)N12. The van der Waals surface area contributed by atoms with Gasteiger partial charge in [0.25, 0.3) is 7.98 Å². The van der Waals surface area contributed by atoms with Crippen molar-refractivity contribution in [1.82, 2.24) is 9.88 Å². The van der Waals surface area contributed by atoms with E-state index in [9.17, 15) is 14.7 Å². The van der Waals surface area contributed by atoms with E-state index in [-0.39, 0.29) is 32.2 Å². The van der Waals surface area contributed by atoms with Gasteiger partial charge in [0.15, 0.2) is 4.34 Å². The maximum absolute atomic E-state index is 12.6. The number of aromatic nitrogens is 1. The number of β-lactam (4-membered cyclic amide) rings is 1. The van der Waals surface area contributed by atoms with Crippen molar-refractivity contribution in [1.29, 1.82) is 0 Å². The number of benzene rings is 1. The van der Waals surface area contributed by atoms with E-state index in [1.807, 2.05) is 31.2 Å². The van der Waals surface area contributed by atoms with Crippen LogP contribution in [0.1, 0.15) is 13.8 Å². The lowest BCUT2D eigenvalue weighted by molar-refractivity contribution is -0.162. The summed E-state index contributed by atoms with van der Waals surface area (Å²) >= 11 is 3.12. The number of aliphatic hydroxyl groups is 1. The minimum Gasteiger partial charge on any atom is -0.393 e. The molecule has 2 aliphatic rings. The van der Waals surface area contributed by atoms with Gasteiger partial charge in [-0.2, -0.15) is 0 Å². The van der Waals surface area contributed by atoms with Gasteiger partial charge in [-0.1, -0.05) is 42.7 Å². The van der Waals surface area contributed by atoms with Crippen molar-refractivity contribution < 1.29 is 19.2 Å². The van der Waals surface area contributed by atoms with Crippen molar-refractivity contribution in [2.75, 3.05) is 5.75 Å². The molecule has 2 aliphatic heterocycles. The van der Waals surface area contributed by atoms with Crippen LogP contribution in [0.25, 0.3) is 10.2 Å². The van der Waals surface area contributed by atoms with Crippen molar-refractivity contribution in [2.24, 2.45) is 16.5 Å². The minimum absolute atomic E-state index is 0.0580. The molecular weight excluding hydrogens is 452 g/mol. The number of amides is 1. The number of para-hydroxylation sites is 1. The maximum atomic E-state index is 12.6. The van der Waals surface area contributed by atoms with E-state index < -0.39 is 18.0 Å². The van der Waals surface area contributed by atoms with Crippen LogP contribution in [0.15, 0.2) is 44.5 Å². The highest BCUT2D eigenvalue weighted by Crippen LogP contribution is 2.47. The molecule has 4 atom stereocenters. The summed E-state index contributed by atoms with van der Waals surface area (Å²) in [6, 6.07) is 7.61. The second-order valence-electron chi connectivity index (χ2n) is 7.13. The third kappa shape index (κ3) is 4.03. The van der Waals surface area contributed by atoms with Gasteiger partial charge in [-0.25, -0.2) is 9.78 Å². The molecule has 31 heavy (non-hydrogen) atoms. The molecule has 156 valence electrons. The van der Waals surface area contributed by atoms with Gasteiger partial charge in [0, 0.05) is 11.5 Å². The molecule has 2 aromatic rings. The Morgan fingerprint density at radius 3 is 3.00 bits per heavy atom. The number of aliphatic hydroxyl groups excluding tert-OH is 1. The van der Waals surface area contributed by atoms with Gasteiger partial charge in [0.2, 0.25) is 14.5 Å². The molecule has 7 nitrogen and oxygen atoms in total. The smallest absolute Gasteiger partial charge is 0.365 e. The van der Waals surface area contributed by atoms with E-state index >= 15 is 0 Å². The molecule has 1 N–H and O–H groups in total. The number of fused-ring (bicyclic) bond motifs is 2. The molecule has 1 saturated heterocycles. The summed E-state index contributed by atoms with van der Waals surface area (Å²) in [5.41, 5.74) is 1.60. The average Bonchev–Trinajstić information content (AvgIpc) is 3.26. The molecule has 1 amide bonds. The first-order valence-corrected chi connectivity index (χ1v) is 12.0. The van der Waals surface area contributed by atoms with Crippen LogP contribution in [-0.4, -0.2) is 52.7 Å². The summed E-state index contributed by atoms with van der Waals surface area (Å²) in [6.45, 7) is 3.48. The van der Waals surface area contributed by atoms with Crippen LogP contribution in [0, 0.1) is 23.7 Å². The standard InChI is InChI=1S/C20H17BN3O4PS2/c1-10-12(6-5-9-30-20-22-13-7-3-4-8-14(13)31-20)17(19(27)28-29-23-21)24-16(10)15(11(2)25)18(24)26/h3-4,7-8,10-11,15-16,25H,9H2,1-2H3. The van der Waals surface area contributed by atoms with Crippen LogP contribution in [0.3, 0.4) is 0 Å². The number of nitrogens with zero attached hydrogens (tertiary/aromatic N) is 3. The molecule has 3 heterocycles.